The van der Waals surface area contributed by atoms with E-state index in [4.69, 9.17) is 4.74 Å². The van der Waals surface area contributed by atoms with E-state index in [1.54, 1.807) is 24.3 Å². The number of hydrogen-bond acceptors (Lipinski definition) is 6. The van der Waals surface area contributed by atoms with Gasteiger partial charge in [-0.05, 0) is 42.8 Å². The Morgan fingerprint density at radius 2 is 1.74 bits per heavy atom. The predicted molar refractivity (Wildman–Crippen MR) is 112 cm³/mol. The van der Waals surface area contributed by atoms with Crippen LogP contribution in [0.15, 0.2) is 54.2 Å². The van der Waals surface area contributed by atoms with E-state index >= 15 is 0 Å². The van der Waals surface area contributed by atoms with Crippen molar-refractivity contribution in [1.29, 1.82) is 0 Å². The van der Waals surface area contributed by atoms with Crippen LogP contribution in [0, 0.1) is 6.92 Å². The van der Waals surface area contributed by atoms with Crippen molar-refractivity contribution in [2.75, 3.05) is 25.6 Å². The lowest BCUT2D eigenvalue weighted by molar-refractivity contribution is -0.143. The topological polar surface area (TPSA) is 114 Å². The molecule has 2 aromatic carbocycles. The van der Waals surface area contributed by atoms with Gasteiger partial charge in [-0.15, -0.1) is 0 Å². The number of rotatable bonds is 7. The quantitative estimate of drug-likeness (QED) is 0.400. The van der Waals surface area contributed by atoms with Gasteiger partial charge in [0.15, 0.2) is 6.61 Å². The lowest BCUT2D eigenvalue weighted by Crippen LogP contribution is -2.36. The molecule has 31 heavy (non-hydrogen) atoms. The number of esters is 1. The number of nitrogens with one attached hydrogen (secondary N) is 2. The third-order valence-corrected chi connectivity index (χ3v) is 4.37. The molecule has 1 saturated heterocycles. The number of carbonyl (C=O) groups excluding carboxylic acids is 4. The van der Waals surface area contributed by atoms with Crippen molar-refractivity contribution in [2.24, 2.45) is 0 Å². The zero-order chi connectivity index (χ0) is 22.4. The largest absolute Gasteiger partial charge is 0.484 e. The summed E-state index contributed by atoms with van der Waals surface area (Å²) >= 11 is 0. The van der Waals surface area contributed by atoms with Gasteiger partial charge in [-0.3, -0.25) is 14.4 Å². The summed E-state index contributed by atoms with van der Waals surface area (Å²) in [6.07, 6.45) is 1.48. The van der Waals surface area contributed by atoms with Crippen LogP contribution in [0.4, 0.5) is 10.5 Å². The highest BCUT2D eigenvalue weighted by Gasteiger charge is 2.35. The molecular formula is C22H21N3O6. The molecule has 0 atom stereocenters. The van der Waals surface area contributed by atoms with E-state index in [0.717, 1.165) is 10.5 Å². The van der Waals surface area contributed by atoms with E-state index in [1.165, 1.54) is 13.2 Å². The molecule has 1 fully saturated rings. The van der Waals surface area contributed by atoms with E-state index in [1.807, 2.05) is 31.2 Å². The van der Waals surface area contributed by atoms with Crippen molar-refractivity contribution in [3.63, 3.8) is 0 Å². The number of ether oxygens (including phenoxy) is 2. The standard InChI is InChI=1S/C22H21N3O6/c1-14-3-7-16(8-4-14)23-19(26)13-31-17-9-5-15(6-10-17)11-18-21(28)25(22(29)24-18)12-20(27)30-2/h3-11H,12-13H2,1-2H3,(H,23,26)(H,24,29)/b18-11+. The number of urea groups is 1. The summed E-state index contributed by atoms with van der Waals surface area (Å²) in [5.41, 5.74) is 2.45. The van der Waals surface area contributed by atoms with Gasteiger partial charge in [0.05, 0.1) is 7.11 Å². The van der Waals surface area contributed by atoms with Gasteiger partial charge in [-0.1, -0.05) is 29.8 Å². The fraction of sp³-hybridized carbons (Fsp3) is 0.182. The lowest BCUT2D eigenvalue weighted by Gasteiger charge is -2.09. The monoisotopic (exact) mass is 423 g/mol. The number of nitrogens with zero attached hydrogens (tertiary/aromatic N) is 1. The number of benzene rings is 2. The minimum absolute atomic E-state index is 0.0417. The van der Waals surface area contributed by atoms with E-state index in [9.17, 15) is 19.2 Å². The Morgan fingerprint density at radius 3 is 2.39 bits per heavy atom. The van der Waals surface area contributed by atoms with E-state index in [0.29, 0.717) is 17.0 Å². The van der Waals surface area contributed by atoms with Crippen molar-refractivity contribution in [1.82, 2.24) is 10.2 Å². The van der Waals surface area contributed by atoms with Crippen LogP contribution in [0.2, 0.25) is 0 Å². The van der Waals surface area contributed by atoms with Crippen molar-refractivity contribution < 1.29 is 28.7 Å². The minimum Gasteiger partial charge on any atom is -0.484 e. The lowest BCUT2D eigenvalue weighted by atomic mass is 10.2. The number of anilines is 1. The fourth-order valence-corrected chi connectivity index (χ4v) is 2.72. The Hall–Kier alpha value is -4.14. The number of hydrogen-bond donors (Lipinski definition) is 2. The van der Waals surface area contributed by atoms with Gasteiger partial charge in [-0.25, -0.2) is 9.69 Å². The molecule has 3 rings (SSSR count). The van der Waals surface area contributed by atoms with Crippen LogP contribution in [0.5, 0.6) is 5.75 Å². The molecule has 2 aromatic rings. The number of amides is 4. The molecule has 0 aromatic heterocycles. The number of aryl methyl sites for hydroxylation is 1. The maximum absolute atomic E-state index is 12.3. The van der Waals surface area contributed by atoms with Crippen LogP contribution in [0.3, 0.4) is 0 Å². The highest BCUT2D eigenvalue weighted by Crippen LogP contribution is 2.17. The smallest absolute Gasteiger partial charge is 0.329 e. The van der Waals surface area contributed by atoms with E-state index < -0.39 is 24.5 Å². The van der Waals surface area contributed by atoms with Crippen molar-refractivity contribution in [3.05, 3.63) is 65.4 Å². The van der Waals surface area contributed by atoms with Gasteiger partial charge in [0.2, 0.25) is 0 Å². The SMILES string of the molecule is COC(=O)CN1C(=O)N/C(=C/c2ccc(OCC(=O)Nc3ccc(C)cc3)cc2)C1=O. The van der Waals surface area contributed by atoms with Crippen LogP contribution < -0.4 is 15.4 Å². The first-order valence-electron chi connectivity index (χ1n) is 9.36. The van der Waals surface area contributed by atoms with Crippen molar-refractivity contribution in [3.8, 4) is 5.75 Å². The van der Waals surface area contributed by atoms with Gasteiger partial charge in [-0.2, -0.15) is 0 Å². The van der Waals surface area contributed by atoms with Gasteiger partial charge in [0, 0.05) is 5.69 Å². The van der Waals surface area contributed by atoms with E-state index in [2.05, 4.69) is 15.4 Å². The van der Waals surface area contributed by atoms with Crippen LogP contribution in [-0.4, -0.2) is 49.0 Å². The second-order valence-electron chi connectivity index (χ2n) is 6.73. The summed E-state index contributed by atoms with van der Waals surface area (Å²) in [5.74, 6) is -1.14. The van der Waals surface area contributed by atoms with Gasteiger partial charge >= 0.3 is 12.0 Å². The van der Waals surface area contributed by atoms with E-state index in [-0.39, 0.29) is 18.2 Å². The first-order chi connectivity index (χ1) is 14.9. The maximum Gasteiger partial charge on any atom is 0.329 e. The summed E-state index contributed by atoms with van der Waals surface area (Å²) in [6.45, 7) is 1.34. The zero-order valence-electron chi connectivity index (χ0n) is 17.0. The Kier molecular flexibility index (Phi) is 6.66. The average molecular weight is 423 g/mol. The van der Waals surface area contributed by atoms with Gasteiger partial charge in [0.1, 0.15) is 18.0 Å². The minimum atomic E-state index is -0.697. The predicted octanol–water partition coefficient (Wildman–Crippen LogP) is 2.08. The normalized spacial score (nSPS) is 14.4. The third kappa shape index (κ3) is 5.69. The number of methoxy groups -OCH3 is 1. The van der Waals surface area contributed by atoms with Crippen LogP contribution in [0.25, 0.3) is 6.08 Å². The fourth-order valence-electron chi connectivity index (χ4n) is 2.72. The summed E-state index contributed by atoms with van der Waals surface area (Å²) in [4.78, 5) is 48.3. The second kappa shape index (κ2) is 9.57. The Bertz CT molecular complexity index is 1030. The molecule has 0 spiro atoms. The summed E-state index contributed by atoms with van der Waals surface area (Å²) in [7, 11) is 1.17. The van der Waals surface area contributed by atoms with Gasteiger partial charge in [0.25, 0.3) is 11.8 Å². The molecule has 0 saturated carbocycles. The number of imide groups is 1. The average Bonchev–Trinajstić information content (AvgIpc) is 3.02. The highest BCUT2D eigenvalue weighted by atomic mass is 16.5. The molecule has 1 heterocycles. The molecule has 2 N–H and O–H groups in total. The summed E-state index contributed by atoms with van der Waals surface area (Å²) < 4.78 is 9.95. The van der Waals surface area contributed by atoms with Crippen LogP contribution >= 0.6 is 0 Å². The number of carbonyl (C=O) groups is 4. The molecule has 0 bridgehead atoms. The van der Waals surface area contributed by atoms with Crippen molar-refractivity contribution in [2.45, 2.75) is 6.92 Å². The molecule has 0 aliphatic carbocycles. The molecule has 160 valence electrons. The Balaban J connectivity index is 1.55. The summed E-state index contributed by atoms with van der Waals surface area (Å²) in [6, 6.07) is 13.3. The van der Waals surface area contributed by atoms with Gasteiger partial charge < -0.3 is 20.1 Å². The zero-order valence-corrected chi connectivity index (χ0v) is 17.0. The molecule has 0 radical (unpaired) electrons. The van der Waals surface area contributed by atoms with Crippen LogP contribution in [-0.2, 0) is 19.1 Å². The first-order valence-corrected chi connectivity index (χ1v) is 9.36. The second-order valence-corrected chi connectivity index (χ2v) is 6.73. The molecule has 9 nitrogen and oxygen atoms in total. The van der Waals surface area contributed by atoms with Crippen molar-refractivity contribution >= 4 is 35.6 Å². The maximum atomic E-state index is 12.3. The summed E-state index contributed by atoms with van der Waals surface area (Å²) in [5, 5.41) is 5.16. The third-order valence-electron chi connectivity index (χ3n) is 4.37. The molecule has 9 heteroatoms. The molecule has 4 amide bonds. The Labute approximate surface area is 178 Å². The first kappa shape index (κ1) is 21.6. The Morgan fingerprint density at radius 1 is 1.06 bits per heavy atom. The molecule has 1 aliphatic rings. The van der Waals surface area contributed by atoms with Crippen LogP contribution in [0.1, 0.15) is 11.1 Å². The molecule has 0 unspecified atom stereocenters. The highest BCUT2D eigenvalue weighted by molar-refractivity contribution is 6.15. The molecule has 1 aliphatic heterocycles. The molecular weight excluding hydrogens is 402 g/mol.